The molecular weight excluding hydrogens is 156 g/mol. The second-order valence-electron chi connectivity index (χ2n) is 2.00. The van der Waals surface area contributed by atoms with E-state index in [1.54, 1.807) is 6.07 Å². The molecule has 0 saturated heterocycles. The lowest BCUT2D eigenvalue weighted by Gasteiger charge is -2.13. The van der Waals surface area contributed by atoms with Gasteiger partial charge in [0.25, 0.3) is 0 Å². The van der Waals surface area contributed by atoms with Gasteiger partial charge in [-0.25, -0.2) is 0 Å². The molecule has 60 valence electrons. The first-order valence-electron chi connectivity index (χ1n) is 3.05. The Bertz CT molecular complexity index is 221. The van der Waals surface area contributed by atoms with Gasteiger partial charge in [-0.2, -0.15) is 0 Å². The predicted octanol–water partition coefficient (Wildman–Crippen LogP) is 2.27. The molecule has 1 N–H and O–H groups in total. The summed E-state index contributed by atoms with van der Waals surface area (Å²) >= 11 is 0. The van der Waals surface area contributed by atoms with Crippen LogP contribution in [-0.2, 0) is 0 Å². The SMILES string of the molecule is F[B-](F)(F)[OH+]c1ccccc1. The van der Waals surface area contributed by atoms with E-state index in [0.717, 1.165) is 0 Å². The zero-order valence-corrected chi connectivity index (χ0v) is 5.55. The normalized spacial score (nSPS) is 11.2. The van der Waals surface area contributed by atoms with Gasteiger partial charge < -0.3 is 17.6 Å². The Morgan fingerprint density at radius 2 is 1.55 bits per heavy atom. The van der Waals surface area contributed by atoms with E-state index >= 15 is 0 Å². The van der Waals surface area contributed by atoms with Gasteiger partial charge in [-0.3, -0.25) is 0 Å². The standard InChI is InChI=1S/C6H6BF3O/c8-7(9,10)11-6-4-2-1-3-5-6/h1-5,11H. The highest BCUT2D eigenvalue weighted by atomic mass is 19.4. The molecule has 0 fully saturated rings. The van der Waals surface area contributed by atoms with E-state index in [2.05, 4.69) is 4.65 Å². The van der Waals surface area contributed by atoms with Crippen molar-refractivity contribution in [2.24, 2.45) is 0 Å². The Kier molecular flexibility index (Phi) is 2.07. The van der Waals surface area contributed by atoms with Crippen LogP contribution in [0.4, 0.5) is 12.9 Å². The van der Waals surface area contributed by atoms with Crippen LogP contribution in [0.15, 0.2) is 30.3 Å². The minimum absolute atomic E-state index is 0.0417. The number of halogens is 3. The Morgan fingerprint density at radius 1 is 1.00 bits per heavy atom. The highest BCUT2D eigenvalue weighted by Crippen LogP contribution is 2.19. The van der Waals surface area contributed by atoms with Gasteiger partial charge in [0.1, 0.15) is 0 Å². The number of hydrogen-bond donors (Lipinski definition) is 0. The highest BCUT2D eigenvalue weighted by molar-refractivity contribution is 6.50. The van der Waals surface area contributed by atoms with Crippen molar-refractivity contribution in [1.82, 2.24) is 0 Å². The summed E-state index contributed by atoms with van der Waals surface area (Å²) in [5.74, 6) is -0.0417. The lowest BCUT2D eigenvalue weighted by atomic mass is 10.2. The first-order valence-corrected chi connectivity index (χ1v) is 3.05. The first kappa shape index (κ1) is 7.98. The molecule has 1 aromatic rings. The maximum atomic E-state index is 11.6. The molecule has 1 rings (SSSR count). The summed E-state index contributed by atoms with van der Waals surface area (Å²) in [4.78, 5) is 0. The van der Waals surface area contributed by atoms with Crippen molar-refractivity contribution in [2.45, 2.75) is 0 Å². The average molecular weight is 162 g/mol. The molecular formula is C6H6BF3O. The fourth-order valence-corrected chi connectivity index (χ4v) is 0.683. The molecule has 0 aliphatic rings. The Hall–Kier alpha value is -1.13. The third-order valence-electron chi connectivity index (χ3n) is 1.05. The molecule has 0 spiro atoms. The predicted molar refractivity (Wildman–Crippen MR) is 37.2 cm³/mol. The molecule has 1 nitrogen and oxygen atoms in total. The zero-order chi connectivity index (χ0) is 8.32. The van der Waals surface area contributed by atoms with Crippen molar-refractivity contribution < 1.29 is 17.6 Å². The highest BCUT2D eigenvalue weighted by Gasteiger charge is 2.39. The van der Waals surface area contributed by atoms with Crippen LogP contribution >= 0.6 is 0 Å². The molecule has 0 atom stereocenters. The second kappa shape index (κ2) is 2.86. The van der Waals surface area contributed by atoms with Gasteiger partial charge >= 0.3 is 7.18 Å². The average Bonchev–Trinajstić information content (AvgIpc) is 1.85. The van der Waals surface area contributed by atoms with Crippen molar-refractivity contribution in [3.63, 3.8) is 0 Å². The second-order valence-corrected chi connectivity index (χ2v) is 2.00. The van der Waals surface area contributed by atoms with E-state index in [1.165, 1.54) is 24.3 Å². The zero-order valence-electron chi connectivity index (χ0n) is 5.55. The van der Waals surface area contributed by atoms with Crippen molar-refractivity contribution in [1.29, 1.82) is 0 Å². The third-order valence-corrected chi connectivity index (χ3v) is 1.05. The van der Waals surface area contributed by atoms with Gasteiger partial charge in [0.15, 0.2) is 0 Å². The van der Waals surface area contributed by atoms with Crippen LogP contribution in [0.3, 0.4) is 0 Å². The van der Waals surface area contributed by atoms with Gasteiger partial charge in [0.05, 0.1) is 0 Å². The van der Waals surface area contributed by atoms with E-state index in [1.807, 2.05) is 0 Å². The van der Waals surface area contributed by atoms with Crippen LogP contribution in [0.2, 0.25) is 0 Å². The largest absolute Gasteiger partial charge is 0.893 e. The van der Waals surface area contributed by atoms with Gasteiger partial charge in [-0.05, 0) is 0 Å². The summed E-state index contributed by atoms with van der Waals surface area (Å²) in [6, 6.07) is 7.30. The Balaban J connectivity index is 2.66. The van der Waals surface area contributed by atoms with Crippen LogP contribution in [0.1, 0.15) is 0 Å². The van der Waals surface area contributed by atoms with E-state index in [9.17, 15) is 12.9 Å². The van der Waals surface area contributed by atoms with E-state index in [-0.39, 0.29) is 5.75 Å². The molecule has 0 aromatic heterocycles. The molecule has 0 aliphatic carbocycles. The molecule has 0 saturated carbocycles. The fraction of sp³-hybridized carbons (Fsp3) is 0. The smallest absolute Gasteiger partial charge is 0.746 e. The quantitative estimate of drug-likeness (QED) is 0.467. The summed E-state index contributed by atoms with van der Waals surface area (Å²) in [5.41, 5.74) is 0. The summed E-state index contributed by atoms with van der Waals surface area (Å²) in [6.45, 7) is 0. The summed E-state index contributed by atoms with van der Waals surface area (Å²) in [7, 11) is -5.06. The monoisotopic (exact) mass is 162 g/mol. The molecule has 0 unspecified atom stereocenters. The fourth-order valence-electron chi connectivity index (χ4n) is 0.683. The van der Waals surface area contributed by atoms with E-state index < -0.39 is 7.18 Å². The van der Waals surface area contributed by atoms with Gasteiger partial charge in [-0.15, -0.1) is 0 Å². The van der Waals surface area contributed by atoms with Crippen LogP contribution in [0.5, 0.6) is 5.75 Å². The number of para-hydroxylation sites is 1. The van der Waals surface area contributed by atoms with Gasteiger partial charge in [0, 0.05) is 12.1 Å². The number of benzene rings is 1. The Labute approximate surface area is 61.9 Å². The van der Waals surface area contributed by atoms with Gasteiger partial charge in [0.2, 0.25) is 5.75 Å². The maximum Gasteiger partial charge on any atom is 0.893 e. The lowest BCUT2D eigenvalue weighted by molar-refractivity contribution is 0.130. The Morgan fingerprint density at radius 3 is 2.00 bits per heavy atom. The number of rotatable bonds is 2. The topological polar surface area (TPSA) is 12.8 Å². The minimum Gasteiger partial charge on any atom is -0.746 e. The van der Waals surface area contributed by atoms with Gasteiger partial charge in [-0.1, -0.05) is 18.2 Å². The molecule has 0 heterocycles. The molecule has 11 heavy (non-hydrogen) atoms. The van der Waals surface area contributed by atoms with Crippen molar-refractivity contribution in [3.05, 3.63) is 30.3 Å². The molecule has 0 aliphatic heterocycles. The van der Waals surface area contributed by atoms with Crippen molar-refractivity contribution in [2.75, 3.05) is 0 Å². The van der Waals surface area contributed by atoms with Crippen LogP contribution in [-0.4, -0.2) is 11.8 Å². The third kappa shape index (κ3) is 2.97. The molecule has 0 radical (unpaired) electrons. The van der Waals surface area contributed by atoms with Crippen LogP contribution in [0.25, 0.3) is 0 Å². The van der Waals surface area contributed by atoms with Crippen molar-refractivity contribution in [3.8, 4) is 5.75 Å². The number of hydrogen-bond acceptors (Lipinski definition) is 0. The lowest BCUT2D eigenvalue weighted by Crippen LogP contribution is -2.21. The minimum atomic E-state index is -5.06. The molecule has 0 bridgehead atoms. The molecule has 1 aromatic carbocycles. The van der Waals surface area contributed by atoms with E-state index in [4.69, 9.17) is 0 Å². The maximum absolute atomic E-state index is 11.6. The van der Waals surface area contributed by atoms with E-state index in [0.29, 0.717) is 0 Å². The first-order chi connectivity index (χ1) is 5.08. The van der Waals surface area contributed by atoms with Crippen LogP contribution in [0, 0.1) is 0 Å². The summed E-state index contributed by atoms with van der Waals surface area (Å²) in [6.07, 6.45) is 0. The molecule has 0 amide bonds. The molecule has 5 heteroatoms. The summed E-state index contributed by atoms with van der Waals surface area (Å²) < 4.78 is 37.5. The summed E-state index contributed by atoms with van der Waals surface area (Å²) in [5, 5.41) is 0. The van der Waals surface area contributed by atoms with Crippen molar-refractivity contribution >= 4 is 7.18 Å². The number of aromatic hydroxyl groups is 1. The van der Waals surface area contributed by atoms with Crippen LogP contribution < -0.4 is 0 Å².